The summed E-state index contributed by atoms with van der Waals surface area (Å²) < 4.78 is 5.14. The molecule has 0 aliphatic rings. The molecule has 0 unspecified atom stereocenters. The van der Waals surface area contributed by atoms with Gasteiger partial charge in [-0.1, -0.05) is 35.9 Å². The van der Waals surface area contributed by atoms with Crippen LogP contribution >= 0.6 is 11.6 Å². The summed E-state index contributed by atoms with van der Waals surface area (Å²) in [4.78, 5) is 16.7. The van der Waals surface area contributed by atoms with E-state index in [1.807, 2.05) is 31.2 Å². The minimum absolute atomic E-state index is 0.117. The largest absolute Gasteiger partial charge is 0.497 e. The molecule has 4 heteroatoms. The van der Waals surface area contributed by atoms with Crippen LogP contribution in [0.4, 0.5) is 0 Å². The highest BCUT2D eigenvalue weighted by atomic mass is 35.5. The van der Waals surface area contributed by atoms with Gasteiger partial charge in [-0.05, 0) is 48.9 Å². The molecule has 120 valence electrons. The summed E-state index contributed by atoms with van der Waals surface area (Å²) >= 11 is 6.24. The Labute approximate surface area is 145 Å². The first kappa shape index (κ1) is 16.2. The normalized spacial score (nSPS) is 11.1. The molecular formula is C20H16ClNO2. The molecule has 0 spiro atoms. The van der Waals surface area contributed by atoms with E-state index in [2.05, 4.69) is 4.98 Å². The average molecular weight is 338 g/mol. The lowest BCUT2D eigenvalue weighted by Crippen LogP contribution is -1.95. The van der Waals surface area contributed by atoms with Gasteiger partial charge in [0, 0.05) is 16.5 Å². The summed E-state index contributed by atoms with van der Waals surface area (Å²) in [5, 5.41) is 1.36. The van der Waals surface area contributed by atoms with Crippen LogP contribution in [0.3, 0.4) is 0 Å². The number of rotatable bonds is 4. The summed E-state index contributed by atoms with van der Waals surface area (Å²) in [6.45, 7) is 2.01. The minimum atomic E-state index is -0.117. The van der Waals surface area contributed by atoms with Crippen LogP contribution < -0.4 is 4.74 Å². The molecule has 0 bridgehead atoms. The maximum Gasteiger partial charge on any atom is 0.185 e. The smallest absolute Gasteiger partial charge is 0.185 e. The molecule has 3 rings (SSSR count). The lowest BCUT2D eigenvalue weighted by molar-refractivity contribution is 0.104. The topological polar surface area (TPSA) is 39.2 Å². The first-order chi connectivity index (χ1) is 11.6. The van der Waals surface area contributed by atoms with E-state index in [0.29, 0.717) is 22.0 Å². The van der Waals surface area contributed by atoms with Gasteiger partial charge in [-0.25, -0.2) is 4.98 Å². The molecule has 1 heterocycles. The molecule has 0 saturated carbocycles. The van der Waals surface area contributed by atoms with E-state index in [0.717, 1.165) is 16.5 Å². The summed E-state index contributed by atoms with van der Waals surface area (Å²) in [6.07, 6.45) is 3.19. The molecule has 3 nitrogen and oxygen atoms in total. The molecule has 0 atom stereocenters. The number of ketones is 1. The molecule has 0 radical (unpaired) electrons. The van der Waals surface area contributed by atoms with E-state index < -0.39 is 0 Å². The molecule has 0 saturated heterocycles. The summed E-state index contributed by atoms with van der Waals surface area (Å²) in [5.74, 6) is 0.531. The van der Waals surface area contributed by atoms with Crippen LogP contribution in [0.15, 0.2) is 54.6 Å². The number of carbonyl (C=O) groups is 1. The predicted molar refractivity (Wildman–Crippen MR) is 97.8 cm³/mol. The second-order valence-corrected chi connectivity index (χ2v) is 5.85. The van der Waals surface area contributed by atoms with Crippen LogP contribution in [0, 0.1) is 6.92 Å². The van der Waals surface area contributed by atoms with Crippen molar-refractivity contribution in [2.45, 2.75) is 6.92 Å². The molecule has 0 amide bonds. The molecule has 1 aromatic heterocycles. The quantitative estimate of drug-likeness (QED) is 0.377. The highest BCUT2D eigenvalue weighted by Crippen LogP contribution is 2.23. The van der Waals surface area contributed by atoms with Crippen molar-refractivity contribution in [2.75, 3.05) is 7.11 Å². The second kappa shape index (κ2) is 6.85. The van der Waals surface area contributed by atoms with Gasteiger partial charge in [0.05, 0.1) is 12.6 Å². The van der Waals surface area contributed by atoms with Crippen LogP contribution in [-0.4, -0.2) is 17.9 Å². The molecule has 0 aliphatic carbocycles. The van der Waals surface area contributed by atoms with E-state index >= 15 is 0 Å². The Morgan fingerprint density at radius 3 is 2.79 bits per heavy atom. The molecule has 24 heavy (non-hydrogen) atoms. The number of allylic oxidation sites excluding steroid dienone is 1. The molecule has 0 aliphatic heterocycles. The lowest BCUT2D eigenvalue weighted by Gasteiger charge is -2.04. The minimum Gasteiger partial charge on any atom is -0.497 e. The third-order valence-electron chi connectivity index (χ3n) is 3.72. The first-order valence-electron chi connectivity index (χ1n) is 7.50. The number of aryl methyl sites for hydroxylation is 1. The van der Waals surface area contributed by atoms with E-state index in [1.54, 1.807) is 37.5 Å². The number of carbonyl (C=O) groups excluding carboxylic acids is 1. The van der Waals surface area contributed by atoms with Crippen molar-refractivity contribution in [3.8, 4) is 5.75 Å². The van der Waals surface area contributed by atoms with Gasteiger partial charge in [-0.2, -0.15) is 0 Å². The summed E-state index contributed by atoms with van der Waals surface area (Å²) in [5.41, 5.74) is 3.24. The SMILES string of the molecule is COc1cccc(C(=O)/C=C/c2cc3ccc(C)cc3nc2Cl)c1. The van der Waals surface area contributed by atoms with E-state index in [9.17, 15) is 4.79 Å². The number of ether oxygens (including phenoxy) is 1. The molecule has 0 N–H and O–H groups in total. The van der Waals surface area contributed by atoms with Gasteiger partial charge in [0.1, 0.15) is 10.9 Å². The highest BCUT2D eigenvalue weighted by molar-refractivity contribution is 6.31. The van der Waals surface area contributed by atoms with Crippen molar-refractivity contribution in [1.82, 2.24) is 4.98 Å². The highest BCUT2D eigenvalue weighted by Gasteiger charge is 2.06. The maximum absolute atomic E-state index is 12.3. The van der Waals surface area contributed by atoms with Gasteiger partial charge in [-0.15, -0.1) is 0 Å². The number of nitrogens with zero attached hydrogens (tertiary/aromatic N) is 1. The van der Waals surface area contributed by atoms with Gasteiger partial charge in [0.15, 0.2) is 5.78 Å². The van der Waals surface area contributed by atoms with Crippen LogP contribution in [0.2, 0.25) is 5.15 Å². The van der Waals surface area contributed by atoms with Crippen molar-refractivity contribution in [3.63, 3.8) is 0 Å². The number of methoxy groups -OCH3 is 1. The van der Waals surface area contributed by atoms with Gasteiger partial charge >= 0.3 is 0 Å². The third kappa shape index (κ3) is 3.47. The van der Waals surface area contributed by atoms with Crippen molar-refractivity contribution in [3.05, 3.63) is 76.5 Å². The maximum atomic E-state index is 12.3. The number of hydrogen-bond acceptors (Lipinski definition) is 3. The molecule has 2 aromatic carbocycles. The van der Waals surface area contributed by atoms with Gasteiger partial charge < -0.3 is 4.74 Å². The third-order valence-corrected chi connectivity index (χ3v) is 4.03. The number of hydrogen-bond donors (Lipinski definition) is 0. The molecular weight excluding hydrogens is 322 g/mol. The number of benzene rings is 2. The van der Waals surface area contributed by atoms with E-state index in [1.165, 1.54) is 6.08 Å². The zero-order valence-electron chi connectivity index (χ0n) is 13.4. The van der Waals surface area contributed by atoms with Crippen molar-refractivity contribution in [2.24, 2.45) is 0 Å². The lowest BCUT2D eigenvalue weighted by atomic mass is 10.1. The van der Waals surface area contributed by atoms with Crippen LogP contribution in [0.25, 0.3) is 17.0 Å². The van der Waals surface area contributed by atoms with E-state index in [-0.39, 0.29) is 5.78 Å². The van der Waals surface area contributed by atoms with Crippen molar-refractivity contribution in [1.29, 1.82) is 0 Å². The number of pyridine rings is 1. The molecule has 3 aromatic rings. The summed E-state index contributed by atoms with van der Waals surface area (Å²) in [6, 6.07) is 15.0. The Kier molecular flexibility index (Phi) is 4.63. The Balaban J connectivity index is 1.90. The number of aromatic nitrogens is 1. The Morgan fingerprint density at radius 2 is 2.00 bits per heavy atom. The second-order valence-electron chi connectivity index (χ2n) is 5.49. The monoisotopic (exact) mass is 337 g/mol. The van der Waals surface area contributed by atoms with Crippen LogP contribution in [0.5, 0.6) is 5.75 Å². The Hall–Kier alpha value is -2.65. The number of fused-ring (bicyclic) bond motifs is 1. The fourth-order valence-corrected chi connectivity index (χ4v) is 2.63. The standard InChI is InChI=1S/C20H16ClNO2/c1-13-6-7-14-11-16(20(21)22-18(14)10-13)8-9-19(23)15-4-3-5-17(12-15)24-2/h3-12H,1-2H3/b9-8+. The van der Waals surface area contributed by atoms with Crippen LogP contribution in [0.1, 0.15) is 21.5 Å². The first-order valence-corrected chi connectivity index (χ1v) is 7.88. The van der Waals surface area contributed by atoms with Crippen molar-refractivity contribution < 1.29 is 9.53 Å². The predicted octanol–water partition coefficient (Wildman–Crippen LogP) is 5.10. The number of halogens is 1. The zero-order valence-corrected chi connectivity index (χ0v) is 14.2. The zero-order chi connectivity index (χ0) is 17.1. The van der Waals surface area contributed by atoms with E-state index in [4.69, 9.17) is 16.3 Å². The fourth-order valence-electron chi connectivity index (χ4n) is 2.42. The Bertz CT molecular complexity index is 948. The van der Waals surface area contributed by atoms with Gasteiger partial charge in [0.2, 0.25) is 0 Å². The fraction of sp³-hybridized carbons (Fsp3) is 0.100. The molecule has 0 fully saturated rings. The average Bonchev–Trinajstić information content (AvgIpc) is 2.59. The van der Waals surface area contributed by atoms with Crippen molar-refractivity contribution >= 4 is 34.4 Å². The van der Waals surface area contributed by atoms with Gasteiger partial charge in [-0.3, -0.25) is 4.79 Å². The van der Waals surface area contributed by atoms with Crippen LogP contribution in [-0.2, 0) is 0 Å². The Morgan fingerprint density at radius 1 is 1.17 bits per heavy atom. The van der Waals surface area contributed by atoms with Gasteiger partial charge in [0.25, 0.3) is 0 Å². The summed E-state index contributed by atoms with van der Waals surface area (Å²) in [7, 11) is 1.57.